The Hall–Kier alpha value is -1.51. The predicted molar refractivity (Wildman–Crippen MR) is 81.7 cm³/mol. The fourth-order valence-corrected chi connectivity index (χ4v) is 2.19. The smallest absolute Gasteiger partial charge is 0.251 e. The third-order valence-electron chi connectivity index (χ3n) is 3.42. The molecule has 3 heteroatoms. The largest absolute Gasteiger partial charge is 0.385 e. The molecule has 19 heavy (non-hydrogen) atoms. The van der Waals surface area contributed by atoms with Crippen LogP contribution in [0.5, 0.6) is 0 Å². The van der Waals surface area contributed by atoms with Gasteiger partial charge in [-0.25, -0.2) is 0 Å². The van der Waals surface area contributed by atoms with Gasteiger partial charge in [0.25, 0.3) is 5.91 Å². The molecule has 1 atom stereocenters. The standard InChI is InChI=1S/C16H26N2O/c1-6-14(11(3)4)18-16(19)13-8-9-15(17-7-2)12(5)10-13/h8-11,14,17H,6-7H2,1-5H3,(H,18,19). The molecule has 0 heterocycles. The minimum atomic E-state index is 0.0201. The Bertz CT molecular complexity index is 427. The molecule has 0 aliphatic heterocycles. The topological polar surface area (TPSA) is 41.1 Å². The van der Waals surface area contributed by atoms with Gasteiger partial charge in [0, 0.05) is 23.8 Å². The lowest BCUT2D eigenvalue weighted by Crippen LogP contribution is -2.38. The average Bonchev–Trinajstić information content (AvgIpc) is 2.37. The van der Waals surface area contributed by atoms with Crippen molar-refractivity contribution in [1.29, 1.82) is 0 Å². The van der Waals surface area contributed by atoms with Crippen LogP contribution in [0.25, 0.3) is 0 Å². The molecule has 0 aliphatic rings. The minimum Gasteiger partial charge on any atom is -0.385 e. The first-order valence-electron chi connectivity index (χ1n) is 7.14. The van der Waals surface area contributed by atoms with Crippen LogP contribution in [-0.2, 0) is 0 Å². The van der Waals surface area contributed by atoms with E-state index < -0.39 is 0 Å². The van der Waals surface area contributed by atoms with Crippen molar-refractivity contribution in [1.82, 2.24) is 5.32 Å². The Morgan fingerprint density at radius 2 is 1.95 bits per heavy atom. The normalized spacial score (nSPS) is 12.3. The lowest BCUT2D eigenvalue weighted by molar-refractivity contribution is 0.0924. The summed E-state index contributed by atoms with van der Waals surface area (Å²) >= 11 is 0. The van der Waals surface area contributed by atoms with Crippen molar-refractivity contribution in [2.24, 2.45) is 5.92 Å². The number of aryl methyl sites for hydroxylation is 1. The Balaban J connectivity index is 2.80. The molecule has 1 aromatic carbocycles. The van der Waals surface area contributed by atoms with E-state index in [1.807, 2.05) is 25.1 Å². The number of hydrogen-bond donors (Lipinski definition) is 2. The van der Waals surface area contributed by atoms with Gasteiger partial charge in [-0.1, -0.05) is 20.8 Å². The quantitative estimate of drug-likeness (QED) is 0.822. The van der Waals surface area contributed by atoms with Crippen LogP contribution in [-0.4, -0.2) is 18.5 Å². The zero-order valence-corrected chi connectivity index (χ0v) is 12.7. The van der Waals surface area contributed by atoms with Crippen molar-refractivity contribution >= 4 is 11.6 Å². The van der Waals surface area contributed by atoms with Crippen molar-refractivity contribution in [3.8, 4) is 0 Å². The number of amides is 1. The molecule has 0 bridgehead atoms. The third kappa shape index (κ3) is 4.27. The van der Waals surface area contributed by atoms with Crippen LogP contribution in [0, 0.1) is 12.8 Å². The first-order valence-corrected chi connectivity index (χ1v) is 7.14. The summed E-state index contributed by atoms with van der Waals surface area (Å²) in [6.45, 7) is 11.3. The predicted octanol–water partition coefficient (Wildman–Crippen LogP) is 3.59. The van der Waals surface area contributed by atoms with Crippen molar-refractivity contribution < 1.29 is 4.79 Å². The number of benzene rings is 1. The van der Waals surface area contributed by atoms with E-state index in [-0.39, 0.29) is 11.9 Å². The summed E-state index contributed by atoms with van der Waals surface area (Å²) in [5, 5.41) is 6.38. The summed E-state index contributed by atoms with van der Waals surface area (Å²) < 4.78 is 0. The Morgan fingerprint density at radius 3 is 2.42 bits per heavy atom. The van der Waals surface area contributed by atoms with Crippen molar-refractivity contribution in [2.45, 2.75) is 47.1 Å². The van der Waals surface area contributed by atoms with Crippen LogP contribution < -0.4 is 10.6 Å². The van der Waals surface area contributed by atoms with Gasteiger partial charge in [-0.15, -0.1) is 0 Å². The fourth-order valence-electron chi connectivity index (χ4n) is 2.19. The summed E-state index contributed by atoms with van der Waals surface area (Å²) in [5.41, 5.74) is 2.93. The second kappa shape index (κ2) is 7.17. The van der Waals surface area contributed by atoms with E-state index in [9.17, 15) is 4.79 Å². The maximum absolute atomic E-state index is 12.2. The fraction of sp³-hybridized carbons (Fsp3) is 0.562. The van der Waals surface area contributed by atoms with Crippen molar-refractivity contribution in [3.63, 3.8) is 0 Å². The Kier molecular flexibility index (Phi) is 5.87. The van der Waals surface area contributed by atoms with Gasteiger partial charge >= 0.3 is 0 Å². The first-order chi connectivity index (χ1) is 8.99. The van der Waals surface area contributed by atoms with Crippen LogP contribution in [0.3, 0.4) is 0 Å². The van der Waals surface area contributed by atoms with Crippen LogP contribution in [0.4, 0.5) is 5.69 Å². The number of nitrogens with one attached hydrogen (secondary N) is 2. The van der Waals surface area contributed by atoms with Gasteiger partial charge < -0.3 is 10.6 Å². The van der Waals surface area contributed by atoms with Crippen molar-refractivity contribution in [3.05, 3.63) is 29.3 Å². The number of rotatable bonds is 6. The molecule has 2 N–H and O–H groups in total. The van der Waals surface area contributed by atoms with E-state index in [4.69, 9.17) is 0 Å². The van der Waals surface area contributed by atoms with Crippen molar-refractivity contribution in [2.75, 3.05) is 11.9 Å². The van der Waals surface area contributed by atoms with E-state index in [2.05, 4.69) is 38.3 Å². The van der Waals surface area contributed by atoms with Gasteiger partial charge in [0.2, 0.25) is 0 Å². The van der Waals surface area contributed by atoms with E-state index in [1.165, 1.54) is 0 Å². The van der Waals surface area contributed by atoms with Crippen LogP contribution in [0.1, 0.15) is 50.0 Å². The SMILES string of the molecule is CCNc1ccc(C(=O)NC(CC)C(C)C)cc1C. The molecule has 1 unspecified atom stereocenters. The van der Waals surface area contributed by atoms with E-state index >= 15 is 0 Å². The first kappa shape index (κ1) is 15.5. The monoisotopic (exact) mass is 262 g/mol. The van der Waals surface area contributed by atoms with Crippen LogP contribution in [0.2, 0.25) is 0 Å². The highest BCUT2D eigenvalue weighted by Crippen LogP contribution is 2.17. The van der Waals surface area contributed by atoms with Gasteiger partial charge in [0.1, 0.15) is 0 Å². The van der Waals surface area contributed by atoms with Gasteiger partial charge in [-0.3, -0.25) is 4.79 Å². The number of carbonyl (C=O) groups is 1. The summed E-state index contributed by atoms with van der Waals surface area (Å²) in [6.07, 6.45) is 0.956. The lowest BCUT2D eigenvalue weighted by Gasteiger charge is -2.21. The van der Waals surface area contributed by atoms with Gasteiger partial charge in [0.15, 0.2) is 0 Å². The number of carbonyl (C=O) groups excluding carboxylic acids is 1. The van der Waals surface area contributed by atoms with Gasteiger partial charge in [-0.2, -0.15) is 0 Å². The van der Waals surface area contributed by atoms with E-state index in [0.717, 1.165) is 29.8 Å². The average molecular weight is 262 g/mol. The molecule has 0 aromatic heterocycles. The number of hydrogen-bond acceptors (Lipinski definition) is 2. The maximum atomic E-state index is 12.2. The molecule has 0 saturated carbocycles. The molecular weight excluding hydrogens is 236 g/mol. The molecule has 3 nitrogen and oxygen atoms in total. The zero-order chi connectivity index (χ0) is 14.4. The second-order valence-corrected chi connectivity index (χ2v) is 5.29. The molecule has 0 aliphatic carbocycles. The summed E-state index contributed by atoms with van der Waals surface area (Å²) in [6, 6.07) is 6.04. The molecular formula is C16H26N2O. The second-order valence-electron chi connectivity index (χ2n) is 5.29. The Labute approximate surface area is 116 Å². The molecule has 0 spiro atoms. The highest BCUT2D eigenvalue weighted by Gasteiger charge is 2.15. The molecule has 1 amide bonds. The molecule has 1 rings (SSSR count). The molecule has 0 fully saturated rings. The maximum Gasteiger partial charge on any atom is 0.251 e. The highest BCUT2D eigenvalue weighted by atomic mass is 16.1. The molecule has 0 saturated heterocycles. The molecule has 106 valence electrons. The molecule has 1 aromatic rings. The minimum absolute atomic E-state index is 0.0201. The van der Waals surface area contributed by atoms with E-state index in [1.54, 1.807) is 0 Å². The highest BCUT2D eigenvalue weighted by molar-refractivity contribution is 5.95. The van der Waals surface area contributed by atoms with Crippen LogP contribution >= 0.6 is 0 Å². The van der Waals surface area contributed by atoms with Crippen LogP contribution in [0.15, 0.2) is 18.2 Å². The zero-order valence-electron chi connectivity index (χ0n) is 12.7. The Morgan fingerprint density at radius 1 is 1.26 bits per heavy atom. The summed E-state index contributed by atoms with van der Waals surface area (Å²) in [5.74, 6) is 0.475. The number of anilines is 1. The van der Waals surface area contributed by atoms with Gasteiger partial charge in [0.05, 0.1) is 0 Å². The van der Waals surface area contributed by atoms with E-state index in [0.29, 0.717) is 5.92 Å². The summed E-state index contributed by atoms with van der Waals surface area (Å²) in [4.78, 5) is 12.2. The summed E-state index contributed by atoms with van der Waals surface area (Å²) in [7, 11) is 0. The molecule has 0 radical (unpaired) electrons. The van der Waals surface area contributed by atoms with Gasteiger partial charge in [-0.05, 0) is 49.9 Å². The third-order valence-corrected chi connectivity index (χ3v) is 3.42. The lowest BCUT2D eigenvalue weighted by atomic mass is 10.0.